The zero-order chi connectivity index (χ0) is 15.4. The van der Waals surface area contributed by atoms with E-state index in [4.69, 9.17) is 0 Å². The van der Waals surface area contributed by atoms with Crippen molar-refractivity contribution in [2.45, 2.75) is 103 Å². The predicted molar refractivity (Wildman–Crippen MR) is 92.8 cm³/mol. The highest BCUT2D eigenvalue weighted by Crippen LogP contribution is 2.27. The maximum absolute atomic E-state index is 10.6. The molecule has 2 heteroatoms. The van der Waals surface area contributed by atoms with E-state index < -0.39 is 0 Å². The fourth-order valence-electron chi connectivity index (χ4n) is 3.48. The summed E-state index contributed by atoms with van der Waals surface area (Å²) in [5.74, 6) is 0. The lowest BCUT2D eigenvalue weighted by Crippen LogP contribution is -2.44. The van der Waals surface area contributed by atoms with Crippen molar-refractivity contribution in [1.29, 1.82) is 0 Å². The first-order valence-electron chi connectivity index (χ1n) is 9.65. The third-order valence-electron chi connectivity index (χ3n) is 5.23. The Morgan fingerprint density at radius 2 is 1.24 bits per heavy atom. The SMILES string of the molecule is CCCCCCCCCCCCC1(O)CCN(CC)CC1. The van der Waals surface area contributed by atoms with Gasteiger partial charge in [-0.1, -0.05) is 78.1 Å². The van der Waals surface area contributed by atoms with Crippen molar-refractivity contribution in [3.63, 3.8) is 0 Å². The first-order chi connectivity index (χ1) is 10.2. The number of hydrogen-bond donors (Lipinski definition) is 1. The Balaban J connectivity index is 1.90. The van der Waals surface area contributed by atoms with Crippen LogP contribution in [0.25, 0.3) is 0 Å². The van der Waals surface area contributed by atoms with Crippen LogP contribution in [-0.2, 0) is 0 Å². The van der Waals surface area contributed by atoms with Gasteiger partial charge in [0.25, 0.3) is 0 Å². The molecule has 2 nitrogen and oxygen atoms in total. The quantitative estimate of drug-likeness (QED) is 0.504. The lowest BCUT2D eigenvalue weighted by atomic mass is 9.86. The lowest BCUT2D eigenvalue weighted by Gasteiger charge is -2.37. The molecule has 1 saturated heterocycles. The third-order valence-corrected chi connectivity index (χ3v) is 5.23. The minimum absolute atomic E-state index is 0.341. The summed E-state index contributed by atoms with van der Waals surface area (Å²) in [6.07, 6.45) is 16.8. The van der Waals surface area contributed by atoms with E-state index in [1.165, 1.54) is 64.2 Å². The highest BCUT2D eigenvalue weighted by atomic mass is 16.3. The van der Waals surface area contributed by atoms with Crippen molar-refractivity contribution in [1.82, 2.24) is 4.90 Å². The normalized spacial score (nSPS) is 19.0. The predicted octanol–water partition coefficient (Wildman–Crippen LogP) is 5.14. The summed E-state index contributed by atoms with van der Waals surface area (Å²) >= 11 is 0. The van der Waals surface area contributed by atoms with Gasteiger partial charge in [0, 0.05) is 13.1 Å². The van der Waals surface area contributed by atoms with E-state index >= 15 is 0 Å². The van der Waals surface area contributed by atoms with E-state index in [0.29, 0.717) is 0 Å². The average Bonchev–Trinajstić information content (AvgIpc) is 2.50. The molecule has 1 aliphatic rings. The summed E-state index contributed by atoms with van der Waals surface area (Å²) in [5, 5.41) is 10.6. The molecule has 1 N–H and O–H groups in total. The number of aliphatic hydroxyl groups is 1. The van der Waals surface area contributed by atoms with Gasteiger partial charge < -0.3 is 10.0 Å². The number of unbranched alkanes of at least 4 members (excludes halogenated alkanes) is 9. The minimum Gasteiger partial charge on any atom is -0.390 e. The molecule has 0 atom stereocenters. The van der Waals surface area contributed by atoms with E-state index in [1.54, 1.807) is 0 Å². The van der Waals surface area contributed by atoms with Crippen LogP contribution in [0.5, 0.6) is 0 Å². The van der Waals surface area contributed by atoms with Gasteiger partial charge in [0.15, 0.2) is 0 Å². The molecule has 1 aliphatic heterocycles. The number of rotatable bonds is 12. The van der Waals surface area contributed by atoms with Crippen LogP contribution in [-0.4, -0.2) is 35.2 Å². The molecule has 1 heterocycles. The van der Waals surface area contributed by atoms with Gasteiger partial charge >= 0.3 is 0 Å². The van der Waals surface area contributed by atoms with E-state index in [2.05, 4.69) is 18.7 Å². The summed E-state index contributed by atoms with van der Waals surface area (Å²) in [4.78, 5) is 2.45. The second-order valence-electron chi connectivity index (χ2n) is 7.09. The zero-order valence-corrected chi connectivity index (χ0v) is 14.7. The summed E-state index contributed by atoms with van der Waals surface area (Å²) in [6.45, 7) is 7.80. The van der Waals surface area contributed by atoms with Gasteiger partial charge in [-0.05, 0) is 25.8 Å². The van der Waals surface area contributed by atoms with Crippen molar-refractivity contribution in [2.24, 2.45) is 0 Å². The fraction of sp³-hybridized carbons (Fsp3) is 1.00. The van der Waals surface area contributed by atoms with Crippen LogP contribution in [0.15, 0.2) is 0 Å². The van der Waals surface area contributed by atoms with Gasteiger partial charge in [0.2, 0.25) is 0 Å². The van der Waals surface area contributed by atoms with Crippen LogP contribution in [0.4, 0.5) is 0 Å². The van der Waals surface area contributed by atoms with Gasteiger partial charge in [-0.25, -0.2) is 0 Å². The molecule has 0 bridgehead atoms. The topological polar surface area (TPSA) is 23.5 Å². The molecule has 0 aromatic rings. The molecule has 1 fully saturated rings. The van der Waals surface area contributed by atoms with Crippen molar-refractivity contribution < 1.29 is 5.11 Å². The maximum Gasteiger partial charge on any atom is 0.0672 e. The molecule has 0 spiro atoms. The Kier molecular flexibility index (Phi) is 10.4. The molecule has 21 heavy (non-hydrogen) atoms. The minimum atomic E-state index is -0.341. The highest BCUT2D eigenvalue weighted by molar-refractivity contribution is 4.85. The molecule has 0 radical (unpaired) electrons. The second kappa shape index (κ2) is 11.5. The first kappa shape index (κ1) is 19.0. The van der Waals surface area contributed by atoms with Crippen LogP contribution >= 0.6 is 0 Å². The van der Waals surface area contributed by atoms with Crippen LogP contribution in [0, 0.1) is 0 Å². The van der Waals surface area contributed by atoms with E-state index in [1.807, 2.05) is 0 Å². The molecule has 126 valence electrons. The van der Waals surface area contributed by atoms with Crippen LogP contribution in [0.1, 0.15) is 97.3 Å². The maximum atomic E-state index is 10.6. The van der Waals surface area contributed by atoms with Crippen LogP contribution < -0.4 is 0 Å². The molecule has 0 saturated carbocycles. The molecular formula is C19H39NO. The van der Waals surface area contributed by atoms with E-state index in [0.717, 1.165) is 38.9 Å². The molecule has 1 rings (SSSR count). The molecular weight excluding hydrogens is 258 g/mol. The number of hydrogen-bond acceptors (Lipinski definition) is 2. The Bertz CT molecular complexity index is 234. The lowest BCUT2D eigenvalue weighted by molar-refractivity contribution is -0.0281. The number of nitrogens with zero attached hydrogens (tertiary/aromatic N) is 1. The Labute approximate surface area is 133 Å². The van der Waals surface area contributed by atoms with E-state index in [9.17, 15) is 5.11 Å². The van der Waals surface area contributed by atoms with Crippen LogP contribution in [0.2, 0.25) is 0 Å². The molecule has 0 aromatic heterocycles. The smallest absolute Gasteiger partial charge is 0.0672 e. The van der Waals surface area contributed by atoms with Gasteiger partial charge in [-0.2, -0.15) is 0 Å². The van der Waals surface area contributed by atoms with Gasteiger partial charge in [-0.15, -0.1) is 0 Å². The third kappa shape index (κ3) is 8.83. The number of likely N-dealkylation sites (tertiary alicyclic amines) is 1. The van der Waals surface area contributed by atoms with Gasteiger partial charge in [0.1, 0.15) is 0 Å². The fourth-order valence-corrected chi connectivity index (χ4v) is 3.48. The largest absolute Gasteiger partial charge is 0.390 e. The molecule has 0 aliphatic carbocycles. The molecule has 0 aromatic carbocycles. The monoisotopic (exact) mass is 297 g/mol. The first-order valence-corrected chi connectivity index (χ1v) is 9.65. The van der Waals surface area contributed by atoms with Gasteiger partial charge in [0.05, 0.1) is 5.60 Å². The summed E-state index contributed by atoms with van der Waals surface area (Å²) in [7, 11) is 0. The Morgan fingerprint density at radius 1 is 0.762 bits per heavy atom. The summed E-state index contributed by atoms with van der Waals surface area (Å²) in [5.41, 5.74) is -0.341. The van der Waals surface area contributed by atoms with Crippen molar-refractivity contribution in [2.75, 3.05) is 19.6 Å². The van der Waals surface area contributed by atoms with E-state index in [-0.39, 0.29) is 5.60 Å². The second-order valence-corrected chi connectivity index (χ2v) is 7.09. The highest BCUT2D eigenvalue weighted by Gasteiger charge is 2.30. The van der Waals surface area contributed by atoms with Crippen molar-refractivity contribution >= 4 is 0 Å². The van der Waals surface area contributed by atoms with Crippen LogP contribution in [0.3, 0.4) is 0 Å². The zero-order valence-electron chi connectivity index (χ0n) is 14.7. The standard InChI is InChI=1S/C19H39NO/c1-3-5-6-7-8-9-10-11-12-13-14-19(21)15-17-20(4-2)18-16-19/h21H,3-18H2,1-2H3. The molecule has 0 amide bonds. The molecule has 0 unspecified atom stereocenters. The van der Waals surface area contributed by atoms with Gasteiger partial charge in [-0.3, -0.25) is 0 Å². The Hall–Kier alpha value is -0.0800. The van der Waals surface area contributed by atoms with Crippen molar-refractivity contribution in [3.05, 3.63) is 0 Å². The Morgan fingerprint density at radius 3 is 1.71 bits per heavy atom. The van der Waals surface area contributed by atoms with Crippen molar-refractivity contribution in [3.8, 4) is 0 Å². The number of piperidine rings is 1. The average molecular weight is 298 g/mol. The summed E-state index contributed by atoms with van der Waals surface area (Å²) < 4.78 is 0. The summed E-state index contributed by atoms with van der Waals surface area (Å²) in [6, 6.07) is 0.